The van der Waals surface area contributed by atoms with Crippen LogP contribution in [0.1, 0.15) is 23.3 Å². The van der Waals surface area contributed by atoms with Gasteiger partial charge >= 0.3 is 0 Å². The zero-order valence-corrected chi connectivity index (χ0v) is 5.63. The van der Waals surface area contributed by atoms with Gasteiger partial charge in [-0.1, -0.05) is 0 Å². The van der Waals surface area contributed by atoms with Gasteiger partial charge in [-0.2, -0.15) is 0 Å². The third kappa shape index (κ3) is 1.22. The second kappa shape index (κ2) is 2.62. The lowest BCUT2D eigenvalue weighted by Gasteiger charge is -1.81. The largest absolute Gasteiger partial charge is 0.447 e. The molecule has 0 amide bonds. The summed E-state index contributed by atoms with van der Waals surface area (Å²) in [4.78, 5) is 14.4. The van der Waals surface area contributed by atoms with Crippen molar-refractivity contribution in [2.45, 2.75) is 13.5 Å². The third-order valence-electron chi connectivity index (χ3n) is 1.09. The molecule has 1 aromatic rings. The lowest BCUT2D eigenvalue weighted by atomic mass is 10.3. The molecule has 54 valence electrons. The number of nitrogens with zero attached hydrogens (tertiary/aromatic N) is 1. The summed E-state index contributed by atoms with van der Waals surface area (Å²) in [5.74, 6) is 0.286. The molecule has 0 aliphatic heterocycles. The maximum absolute atomic E-state index is 10.6. The average molecular weight is 140 g/mol. The molecule has 0 saturated heterocycles. The van der Waals surface area contributed by atoms with Crippen molar-refractivity contribution in [1.29, 1.82) is 0 Å². The molecule has 0 aliphatic rings. The molecule has 0 unspecified atom stereocenters. The Kier molecular flexibility index (Phi) is 1.82. The molecule has 4 nitrogen and oxygen atoms in total. The molecule has 0 spiro atoms. The molecular weight excluding hydrogens is 132 g/mol. The number of ketones is 1. The molecule has 1 heterocycles. The highest BCUT2D eigenvalue weighted by molar-refractivity contribution is 5.91. The minimum Gasteiger partial charge on any atom is -0.447 e. The van der Waals surface area contributed by atoms with Crippen LogP contribution in [0.3, 0.4) is 0 Å². The molecule has 1 aromatic heterocycles. The number of aromatic nitrogens is 1. The van der Waals surface area contributed by atoms with Crippen LogP contribution in [-0.4, -0.2) is 10.8 Å². The van der Waals surface area contributed by atoms with E-state index in [1.807, 2.05) is 0 Å². The summed E-state index contributed by atoms with van der Waals surface area (Å²) in [5, 5.41) is 0. The van der Waals surface area contributed by atoms with Gasteiger partial charge < -0.3 is 10.2 Å². The molecule has 2 N–H and O–H groups in total. The Balaban J connectivity index is 2.88. The van der Waals surface area contributed by atoms with E-state index in [1.165, 1.54) is 13.2 Å². The van der Waals surface area contributed by atoms with Crippen LogP contribution in [0.5, 0.6) is 0 Å². The van der Waals surface area contributed by atoms with Crippen molar-refractivity contribution in [2.24, 2.45) is 5.73 Å². The number of rotatable bonds is 2. The number of nitrogens with two attached hydrogens (primary N) is 1. The van der Waals surface area contributed by atoms with E-state index in [9.17, 15) is 4.79 Å². The van der Waals surface area contributed by atoms with Gasteiger partial charge in [-0.25, -0.2) is 4.98 Å². The second-order valence-corrected chi connectivity index (χ2v) is 1.89. The molecule has 0 aromatic carbocycles. The third-order valence-corrected chi connectivity index (χ3v) is 1.09. The van der Waals surface area contributed by atoms with E-state index in [4.69, 9.17) is 10.2 Å². The first-order valence-electron chi connectivity index (χ1n) is 2.89. The zero-order valence-electron chi connectivity index (χ0n) is 5.63. The quantitative estimate of drug-likeness (QED) is 0.601. The van der Waals surface area contributed by atoms with Crippen molar-refractivity contribution in [1.82, 2.24) is 4.98 Å². The van der Waals surface area contributed by atoms with Crippen LogP contribution in [0.4, 0.5) is 0 Å². The van der Waals surface area contributed by atoms with Crippen molar-refractivity contribution in [2.75, 3.05) is 0 Å². The number of Topliss-reactive ketones (excluding diaryl/α,β-unsaturated/α-hetero) is 1. The van der Waals surface area contributed by atoms with Crippen LogP contribution in [0.2, 0.25) is 0 Å². The summed E-state index contributed by atoms with van der Waals surface area (Å²) in [6.45, 7) is 1.66. The molecule has 0 aliphatic carbocycles. The Morgan fingerprint density at radius 3 is 2.90 bits per heavy atom. The number of carbonyl (C=O) groups excluding carboxylic acids is 1. The van der Waals surface area contributed by atoms with Crippen molar-refractivity contribution >= 4 is 5.78 Å². The Morgan fingerprint density at radius 1 is 1.90 bits per heavy atom. The highest BCUT2D eigenvalue weighted by Gasteiger charge is 2.04. The van der Waals surface area contributed by atoms with E-state index in [0.29, 0.717) is 11.6 Å². The smallest absolute Gasteiger partial charge is 0.208 e. The van der Waals surface area contributed by atoms with E-state index in [0.717, 1.165) is 0 Å². The number of carbonyl (C=O) groups is 1. The summed E-state index contributed by atoms with van der Waals surface area (Å²) in [7, 11) is 0. The summed E-state index contributed by atoms with van der Waals surface area (Å²) < 4.78 is 4.82. The van der Waals surface area contributed by atoms with Crippen molar-refractivity contribution in [3.8, 4) is 0 Å². The summed E-state index contributed by atoms with van der Waals surface area (Å²) in [6.07, 6.45) is 1.31. The molecular formula is C6H8N2O2. The highest BCUT2D eigenvalue weighted by Crippen LogP contribution is 2.00. The van der Waals surface area contributed by atoms with Crippen LogP contribution in [0.15, 0.2) is 10.7 Å². The molecule has 0 radical (unpaired) electrons. The van der Waals surface area contributed by atoms with Gasteiger partial charge in [0.2, 0.25) is 5.89 Å². The lowest BCUT2D eigenvalue weighted by Crippen LogP contribution is -1.98. The number of oxazole rings is 1. The normalized spacial score (nSPS) is 9.80. The van der Waals surface area contributed by atoms with Gasteiger partial charge in [0.25, 0.3) is 0 Å². The molecule has 1 rings (SSSR count). The van der Waals surface area contributed by atoms with E-state index < -0.39 is 0 Å². The fourth-order valence-corrected chi connectivity index (χ4v) is 0.566. The first-order valence-corrected chi connectivity index (χ1v) is 2.89. The van der Waals surface area contributed by atoms with E-state index in [1.54, 1.807) is 0 Å². The van der Waals surface area contributed by atoms with Crippen molar-refractivity contribution < 1.29 is 9.21 Å². The fraction of sp³-hybridized carbons (Fsp3) is 0.333. The molecule has 10 heavy (non-hydrogen) atoms. The summed E-state index contributed by atoms with van der Waals surface area (Å²) >= 11 is 0. The van der Waals surface area contributed by atoms with Gasteiger partial charge in [0.15, 0.2) is 5.78 Å². The zero-order chi connectivity index (χ0) is 7.56. The fourth-order valence-electron chi connectivity index (χ4n) is 0.566. The molecule has 0 atom stereocenters. The van der Waals surface area contributed by atoms with Gasteiger partial charge in [-0.15, -0.1) is 0 Å². The van der Waals surface area contributed by atoms with Gasteiger partial charge in [0.1, 0.15) is 12.0 Å². The van der Waals surface area contributed by atoms with Crippen LogP contribution >= 0.6 is 0 Å². The van der Waals surface area contributed by atoms with Gasteiger partial charge in [0, 0.05) is 6.92 Å². The Bertz CT molecular complexity index is 242. The topological polar surface area (TPSA) is 69.1 Å². The summed E-state index contributed by atoms with van der Waals surface area (Å²) in [6, 6.07) is 0. The van der Waals surface area contributed by atoms with Crippen LogP contribution < -0.4 is 5.73 Å². The Labute approximate surface area is 58.0 Å². The first kappa shape index (κ1) is 6.95. The standard InChI is InChI=1S/C6H8N2O2/c1-4(9)5-3-10-6(2-7)8-5/h3H,2,7H2,1H3. The average Bonchev–Trinajstić information content (AvgIpc) is 2.34. The van der Waals surface area contributed by atoms with Crippen LogP contribution in [0, 0.1) is 0 Å². The van der Waals surface area contributed by atoms with Crippen LogP contribution in [0.25, 0.3) is 0 Å². The van der Waals surface area contributed by atoms with E-state index >= 15 is 0 Å². The minimum atomic E-state index is -0.108. The van der Waals surface area contributed by atoms with Gasteiger partial charge in [-0.3, -0.25) is 4.79 Å². The SMILES string of the molecule is CC(=O)c1coc(CN)n1. The van der Waals surface area contributed by atoms with E-state index in [-0.39, 0.29) is 12.3 Å². The molecule has 0 bridgehead atoms. The van der Waals surface area contributed by atoms with Gasteiger partial charge in [-0.05, 0) is 0 Å². The maximum Gasteiger partial charge on any atom is 0.208 e. The monoisotopic (exact) mass is 140 g/mol. The first-order chi connectivity index (χ1) is 4.74. The maximum atomic E-state index is 10.6. The molecule has 4 heteroatoms. The van der Waals surface area contributed by atoms with Crippen molar-refractivity contribution in [3.63, 3.8) is 0 Å². The predicted octanol–water partition coefficient (Wildman–Crippen LogP) is 0.336. The second-order valence-electron chi connectivity index (χ2n) is 1.89. The van der Waals surface area contributed by atoms with Crippen LogP contribution in [-0.2, 0) is 6.54 Å². The molecule has 0 saturated carbocycles. The molecule has 0 fully saturated rings. The highest BCUT2D eigenvalue weighted by atomic mass is 16.3. The minimum absolute atomic E-state index is 0.108. The van der Waals surface area contributed by atoms with Crippen molar-refractivity contribution in [3.05, 3.63) is 17.8 Å². The number of hydrogen-bond donors (Lipinski definition) is 1. The number of hydrogen-bond acceptors (Lipinski definition) is 4. The predicted molar refractivity (Wildman–Crippen MR) is 34.4 cm³/mol. The Hall–Kier alpha value is -1.16. The Morgan fingerprint density at radius 2 is 2.60 bits per heavy atom. The lowest BCUT2D eigenvalue weighted by molar-refractivity contribution is 0.101. The van der Waals surface area contributed by atoms with Gasteiger partial charge in [0.05, 0.1) is 6.54 Å². The van der Waals surface area contributed by atoms with E-state index in [2.05, 4.69) is 4.98 Å². The summed E-state index contributed by atoms with van der Waals surface area (Å²) in [5.41, 5.74) is 5.53.